The van der Waals surface area contributed by atoms with Crippen molar-refractivity contribution >= 4 is 33.3 Å². The van der Waals surface area contributed by atoms with Crippen molar-refractivity contribution in [2.45, 2.75) is 0 Å². The summed E-state index contributed by atoms with van der Waals surface area (Å²) in [5, 5.41) is 28.0. The second-order valence-corrected chi connectivity index (χ2v) is 3.80. The molecular weight excluding hydrogens is 187 g/mol. The van der Waals surface area contributed by atoms with E-state index in [0.29, 0.717) is 9.48 Å². The number of benzene rings is 1. The van der Waals surface area contributed by atoms with Gasteiger partial charge in [-0.3, -0.25) is 0 Å². The molecule has 2 rings (SSSR count). The monoisotopic (exact) mass is 194 g/mol. The average molecular weight is 194 g/mol. The minimum atomic E-state index is -1.46. The van der Waals surface area contributed by atoms with E-state index in [1.54, 1.807) is 18.2 Å². The van der Waals surface area contributed by atoms with Crippen molar-refractivity contribution < 1.29 is 15.2 Å². The van der Waals surface area contributed by atoms with Gasteiger partial charge in [0.05, 0.1) is 4.70 Å². The van der Waals surface area contributed by atoms with Gasteiger partial charge in [-0.15, -0.1) is 11.3 Å². The first-order chi connectivity index (χ1) is 6.18. The minimum Gasteiger partial charge on any atom is -0.506 e. The molecule has 2 aromatic rings. The van der Waals surface area contributed by atoms with Gasteiger partial charge >= 0.3 is 7.12 Å². The van der Waals surface area contributed by atoms with Crippen molar-refractivity contribution in [1.29, 1.82) is 0 Å². The molecule has 0 unspecified atom stereocenters. The third-order valence-electron chi connectivity index (χ3n) is 1.80. The molecule has 0 bridgehead atoms. The molecule has 3 nitrogen and oxygen atoms in total. The van der Waals surface area contributed by atoms with E-state index in [-0.39, 0.29) is 5.75 Å². The zero-order valence-electron chi connectivity index (χ0n) is 6.64. The Morgan fingerprint density at radius 3 is 2.62 bits per heavy atom. The molecule has 0 fully saturated rings. The number of phenolic OH excluding ortho intramolecular Hbond substituents is 1. The maximum atomic E-state index is 9.41. The molecule has 0 radical (unpaired) electrons. The normalized spacial score (nSPS) is 10.6. The van der Waals surface area contributed by atoms with Crippen LogP contribution >= 0.6 is 11.3 Å². The molecule has 0 spiro atoms. The predicted octanol–water partition coefficient (Wildman–Crippen LogP) is 0.287. The fourth-order valence-electron chi connectivity index (χ4n) is 1.19. The van der Waals surface area contributed by atoms with Crippen LogP contribution in [0, 0.1) is 0 Å². The summed E-state index contributed by atoms with van der Waals surface area (Å²) in [5.74, 6) is 0.175. The first-order valence-electron chi connectivity index (χ1n) is 3.76. The Kier molecular flexibility index (Phi) is 1.99. The molecule has 0 aliphatic heterocycles. The predicted molar refractivity (Wildman–Crippen MR) is 53.3 cm³/mol. The molecule has 1 heterocycles. The summed E-state index contributed by atoms with van der Waals surface area (Å²) in [4.78, 5) is 0. The third kappa shape index (κ3) is 1.41. The summed E-state index contributed by atoms with van der Waals surface area (Å²) in [7, 11) is -1.46. The second kappa shape index (κ2) is 3.03. The number of hydrogen-bond acceptors (Lipinski definition) is 4. The number of phenols is 1. The molecule has 5 heteroatoms. The highest BCUT2D eigenvalue weighted by atomic mass is 32.1. The van der Waals surface area contributed by atoms with Crippen LogP contribution in [0.1, 0.15) is 0 Å². The van der Waals surface area contributed by atoms with Crippen LogP contribution in [0.5, 0.6) is 5.75 Å². The quantitative estimate of drug-likeness (QED) is 0.571. The first kappa shape index (κ1) is 8.56. The summed E-state index contributed by atoms with van der Waals surface area (Å²) in [6.07, 6.45) is 0. The van der Waals surface area contributed by atoms with Gasteiger partial charge in [-0.1, -0.05) is 12.1 Å². The highest BCUT2D eigenvalue weighted by Gasteiger charge is 2.15. The summed E-state index contributed by atoms with van der Waals surface area (Å²) in [6, 6.07) is 6.77. The van der Waals surface area contributed by atoms with E-state index in [1.165, 1.54) is 11.3 Å². The lowest BCUT2D eigenvalue weighted by atomic mass is 9.89. The Hall–Kier alpha value is -1.04. The molecule has 13 heavy (non-hydrogen) atoms. The Labute approximate surface area is 79.0 Å². The maximum Gasteiger partial charge on any atom is 0.499 e. The van der Waals surface area contributed by atoms with Gasteiger partial charge < -0.3 is 15.2 Å². The van der Waals surface area contributed by atoms with E-state index >= 15 is 0 Å². The fraction of sp³-hybridized carbons (Fsp3) is 0. The number of thiophene rings is 1. The Morgan fingerprint density at radius 2 is 2.00 bits per heavy atom. The molecule has 0 aliphatic rings. The van der Waals surface area contributed by atoms with Crippen LogP contribution in [-0.4, -0.2) is 22.3 Å². The largest absolute Gasteiger partial charge is 0.506 e. The Balaban J connectivity index is 2.68. The molecule has 0 amide bonds. The average Bonchev–Trinajstić information content (AvgIpc) is 2.49. The number of rotatable bonds is 1. The number of hydrogen-bond donors (Lipinski definition) is 3. The molecule has 0 saturated heterocycles. The van der Waals surface area contributed by atoms with Crippen molar-refractivity contribution in [3.63, 3.8) is 0 Å². The number of fused-ring (bicyclic) bond motifs is 1. The summed E-state index contributed by atoms with van der Waals surface area (Å²) in [6.45, 7) is 0. The molecule has 66 valence electrons. The van der Waals surface area contributed by atoms with Crippen molar-refractivity contribution in [2.24, 2.45) is 0 Å². The van der Waals surface area contributed by atoms with Crippen LogP contribution in [0.2, 0.25) is 0 Å². The smallest absolute Gasteiger partial charge is 0.499 e. The van der Waals surface area contributed by atoms with Crippen molar-refractivity contribution in [2.75, 3.05) is 0 Å². The van der Waals surface area contributed by atoms with Gasteiger partial charge in [0.25, 0.3) is 0 Å². The van der Waals surface area contributed by atoms with Gasteiger partial charge in [0.2, 0.25) is 0 Å². The van der Waals surface area contributed by atoms with Crippen LogP contribution in [0.3, 0.4) is 0 Å². The highest BCUT2D eigenvalue weighted by Crippen LogP contribution is 2.27. The summed E-state index contributed by atoms with van der Waals surface area (Å²) < 4.78 is 1.13. The van der Waals surface area contributed by atoms with Gasteiger partial charge in [0.15, 0.2) is 0 Å². The lowest BCUT2D eigenvalue weighted by Crippen LogP contribution is -2.26. The van der Waals surface area contributed by atoms with Gasteiger partial charge in [-0.2, -0.15) is 0 Å². The fourth-order valence-corrected chi connectivity index (χ4v) is 2.14. The molecule has 1 aromatic heterocycles. The van der Waals surface area contributed by atoms with Gasteiger partial charge in [-0.25, -0.2) is 0 Å². The first-order valence-corrected chi connectivity index (χ1v) is 4.57. The van der Waals surface area contributed by atoms with Crippen LogP contribution in [0.4, 0.5) is 0 Å². The van der Waals surface area contributed by atoms with E-state index in [1.807, 2.05) is 6.07 Å². The van der Waals surface area contributed by atoms with Crippen molar-refractivity contribution in [3.05, 3.63) is 24.3 Å². The van der Waals surface area contributed by atoms with E-state index < -0.39 is 7.12 Å². The lowest BCUT2D eigenvalue weighted by Gasteiger charge is -1.91. The number of aromatic hydroxyl groups is 1. The zero-order valence-corrected chi connectivity index (χ0v) is 7.45. The van der Waals surface area contributed by atoms with E-state index in [4.69, 9.17) is 10.0 Å². The van der Waals surface area contributed by atoms with E-state index in [2.05, 4.69) is 0 Å². The SMILES string of the molecule is OB(O)c1cc2cccc(O)c2s1. The molecule has 3 N–H and O–H groups in total. The lowest BCUT2D eigenvalue weighted by molar-refractivity contribution is 0.427. The standard InChI is InChI=1S/C8H7BO3S/c10-6-3-1-2-5-4-7(9(11)12)13-8(5)6/h1-4,10-12H. The molecule has 0 aliphatic carbocycles. The zero-order chi connectivity index (χ0) is 9.42. The minimum absolute atomic E-state index is 0.175. The highest BCUT2D eigenvalue weighted by molar-refractivity contribution is 7.28. The van der Waals surface area contributed by atoms with Crippen LogP contribution in [0.15, 0.2) is 24.3 Å². The van der Waals surface area contributed by atoms with Crippen LogP contribution in [0.25, 0.3) is 10.1 Å². The second-order valence-electron chi connectivity index (χ2n) is 2.72. The summed E-state index contributed by atoms with van der Waals surface area (Å²) in [5.41, 5.74) is 0. The van der Waals surface area contributed by atoms with Crippen LogP contribution in [-0.2, 0) is 0 Å². The Bertz CT molecular complexity index is 438. The van der Waals surface area contributed by atoms with Gasteiger partial charge in [0.1, 0.15) is 5.75 Å². The topological polar surface area (TPSA) is 60.7 Å². The third-order valence-corrected chi connectivity index (χ3v) is 3.01. The van der Waals surface area contributed by atoms with Gasteiger partial charge in [0, 0.05) is 4.78 Å². The summed E-state index contributed by atoms with van der Waals surface area (Å²) >= 11 is 1.18. The molecule has 0 saturated carbocycles. The van der Waals surface area contributed by atoms with Crippen LogP contribution < -0.4 is 4.78 Å². The van der Waals surface area contributed by atoms with E-state index in [0.717, 1.165) is 5.39 Å². The molecular formula is C8H7BO3S. The molecule has 0 atom stereocenters. The van der Waals surface area contributed by atoms with Gasteiger partial charge in [-0.05, 0) is 17.5 Å². The maximum absolute atomic E-state index is 9.41. The van der Waals surface area contributed by atoms with Crippen molar-refractivity contribution in [3.8, 4) is 5.75 Å². The molecule has 1 aromatic carbocycles. The van der Waals surface area contributed by atoms with Crippen molar-refractivity contribution in [1.82, 2.24) is 0 Å². The Morgan fingerprint density at radius 1 is 1.23 bits per heavy atom. The van der Waals surface area contributed by atoms with E-state index in [9.17, 15) is 5.11 Å².